The van der Waals surface area contributed by atoms with Crippen LogP contribution in [0.25, 0.3) is 0 Å². The topological polar surface area (TPSA) is 49.3 Å². The number of hydrogen-bond donors (Lipinski definition) is 2. The van der Waals surface area contributed by atoms with Gasteiger partial charge in [-0.1, -0.05) is 0 Å². The number of rotatable bonds is 0. The molecule has 3 nitrogen and oxygen atoms in total. The van der Waals surface area contributed by atoms with E-state index in [9.17, 15) is 9.18 Å². The molecule has 1 atom stereocenters. The fourth-order valence-corrected chi connectivity index (χ4v) is 1.37. The molecule has 4 heteroatoms. The van der Waals surface area contributed by atoms with E-state index in [1.165, 1.54) is 12.1 Å². The number of phenols is 1. The molecule has 2 N–H and O–H groups in total. The zero-order valence-corrected chi connectivity index (χ0v) is 6.75. The van der Waals surface area contributed by atoms with Gasteiger partial charge in [-0.05, 0) is 23.8 Å². The zero-order valence-electron chi connectivity index (χ0n) is 6.75. The average Bonchev–Trinajstić information content (AvgIpc) is 2.08. The minimum absolute atomic E-state index is 0.0373. The molecule has 0 saturated heterocycles. The van der Waals surface area contributed by atoms with E-state index in [1.807, 2.05) is 0 Å². The van der Waals surface area contributed by atoms with Crippen LogP contribution in [0.1, 0.15) is 5.56 Å². The quantitative estimate of drug-likeness (QED) is 0.591. The number of anilines is 1. The van der Waals surface area contributed by atoms with E-state index >= 15 is 0 Å². The number of phenolic OH excluding ortho intramolecular Hbond substituents is 1. The summed E-state index contributed by atoms with van der Waals surface area (Å²) in [6, 6.07) is 4.48. The van der Waals surface area contributed by atoms with E-state index in [-0.39, 0.29) is 12.2 Å². The molecule has 0 fully saturated rings. The molecule has 1 heterocycles. The van der Waals surface area contributed by atoms with Gasteiger partial charge in [-0.2, -0.15) is 0 Å². The molecular weight excluding hydrogens is 173 g/mol. The minimum Gasteiger partial charge on any atom is -0.508 e. The maximum Gasteiger partial charge on any atom is 0.259 e. The van der Waals surface area contributed by atoms with Gasteiger partial charge in [0.2, 0.25) is 0 Å². The van der Waals surface area contributed by atoms with E-state index in [2.05, 4.69) is 5.32 Å². The normalized spacial score (nSPS) is 20.7. The maximum absolute atomic E-state index is 12.9. The molecule has 2 rings (SSSR count). The van der Waals surface area contributed by atoms with Crippen molar-refractivity contribution in [3.8, 4) is 5.75 Å². The predicted molar refractivity (Wildman–Crippen MR) is 45.3 cm³/mol. The summed E-state index contributed by atoms with van der Waals surface area (Å²) in [5, 5.41) is 11.5. The molecule has 13 heavy (non-hydrogen) atoms. The lowest BCUT2D eigenvalue weighted by Crippen LogP contribution is -2.30. The molecule has 1 unspecified atom stereocenters. The van der Waals surface area contributed by atoms with Crippen molar-refractivity contribution in [2.75, 3.05) is 5.32 Å². The Kier molecular flexibility index (Phi) is 1.69. The lowest BCUT2D eigenvalue weighted by Gasteiger charge is -2.19. The summed E-state index contributed by atoms with van der Waals surface area (Å²) in [5.74, 6) is -0.528. The predicted octanol–water partition coefficient (Wildman–Crippen LogP) is 1.22. The number of hydrogen-bond acceptors (Lipinski definition) is 2. The molecule has 0 aromatic heterocycles. The van der Waals surface area contributed by atoms with Crippen LogP contribution in [0, 0.1) is 0 Å². The highest BCUT2D eigenvalue weighted by atomic mass is 19.1. The summed E-state index contributed by atoms with van der Waals surface area (Å²) in [4.78, 5) is 10.9. The fourth-order valence-electron chi connectivity index (χ4n) is 1.37. The molecule has 1 aromatic carbocycles. The first kappa shape index (κ1) is 8.04. The molecule has 0 bridgehead atoms. The summed E-state index contributed by atoms with van der Waals surface area (Å²) >= 11 is 0. The van der Waals surface area contributed by atoms with Crippen LogP contribution in [-0.4, -0.2) is 17.2 Å². The van der Waals surface area contributed by atoms with Crippen LogP contribution in [0.5, 0.6) is 5.75 Å². The monoisotopic (exact) mass is 181 g/mol. The number of fused-ring (bicyclic) bond motifs is 1. The maximum atomic E-state index is 12.9. The Morgan fingerprint density at radius 2 is 2.31 bits per heavy atom. The second-order valence-electron chi connectivity index (χ2n) is 3.00. The molecule has 0 aliphatic carbocycles. The lowest BCUT2D eigenvalue weighted by atomic mass is 10.0. The van der Waals surface area contributed by atoms with Crippen molar-refractivity contribution >= 4 is 11.6 Å². The van der Waals surface area contributed by atoms with Gasteiger partial charge in [0, 0.05) is 12.1 Å². The SMILES string of the molecule is O=C1Nc2ccc(O)cc2CC1F. The van der Waals surface area contributed by atoms with Gasteiger partial charge in [-0.15, -0.1) is 0 Å². The highest BCUT2D eigenvalue weighted by Gasteiger charge is 2.25. The van der Waals surface area contributed by atoms with Crippen LogP contribution in [0.2, 0.25) is 0 Å². The summed E-state index contributed by atoms with van der Waals surface area (Å²) in [6.07, 6.45) is -1.47. The molecule has 68 valence electrons. The molecule has 1 aromatic rings. The van der Waals surface area contributed by atoms with Gasteiger partial charge in [0.1, 0.15) is 5.75 Å². The molecular formula is C9H8FNO2. The first-order chi connectivity index (χ1) is 6.16. The van der Waals surface area contributed by atoms with Crippen molar-refractivity contribution < 1.29 is 14.3 Å². The smallest absolute Gasteiger partial charge is 0.259 e. The third-order valence-electron chi connectivity index (χ3n) is 2.03. The van der Waals surface area contributed by atoms with Gasteiger partial charge in [0.05, 0.1) is 0 Å². The number of halogens is 1. The summed E-state index contributed by atoms with van der Waals surface area (Å²) < 4.78 is 12.9. The van der Waals surface area contributed by atoms with Crippen molar-refractivity contribution in [3.63, 3.8) is 0 Å². The first-order valence-electron chi connectivity index (χ1n) is 3.93. The van der Waals surface area contributed by atoms with Gasteiger partial charge < -0.3 is 10.4 Å². The Hall–Kier alpha value is -1.58. The fraction of sp³-hybridized carbons (Fsp3) is 0.222. The number of carbonyl (C=O) groups is 1. The number of aromatic hydroxyl groups is 1. The third kappa shape index (κ3) is 1.35. The summed E-state index contributed by atoms with van der Waals surface area (Å²) in [6.45, 7) is 0. The van der Waals surface area contributed by atoms with Gasteiger partial charge in [0.25, 0.3) is 5.91 Å². The van der Waals surface area contributed by atoms with Crippen LogP contribution in [0.4, 0.5) is 10.1 Å². The molecule has 1 amide bonds. The average molecular weight is 181 g/mol. The highest BCUT2D eigenvalue weighted by molar-refractivity contribution is 5.97. The molecule has 1 aliphatic rings. The van der Waals surface area contributed by atoms with Crippen molar-refractivity contribution in [1.29, 1.82) is 0 Å². The van der Waals surface area contributed by atoms with Gasteiger partial charge in [0.15, 0.2) is 6.17 Å². The van der Waals surface area contributed by atoms with Crippen molar-refractivity contribution in [1.82, 2.24) is 0 Å². The van der Waals surface area contributed by atoms with Crippen LogP contribution in [0.15, 0.2) is 18.2 Å². The molecule has 0 saturated carbocycles. The largest absolute Gasteiger partial charge is 0.508 e. The van der Waals surface area contributed by atoms with Gasteiger partial charge in [-0.25, -0.2) is 4.39 Å². The second kappa shape index (κ2) is 2.73. The van der Waals surface area contributed by atoms with Crippen molar-refractivity contribution in [2.24, 2.45) is 0 Å². The van der Waals surface area contributed by atoms with E-state index in [0.29, 0.717) is 11.3 Å². The standard InChI is InChI=1S/C9H8FNO2/c10-7-4-5-3-6(12)1-2-8(5)11-9(7)13/h1-3,7,12H,4H2,(H,11,13). The van der Waals surface area contributed by atoms with E-state index < -0.39 is 12.1 Å². The number of carbonyl (C=O) groups excluding carboxylic acids is 1. The second-order valence-corrected chi connectivity index (χ2v) is 3.00. The molecule has 1 aliphatic heterocycles. The van der Waals surface area contributed by atoms with Gasteiger partial charge in [-0.3, -0.25) is 4.79 Å². The van der Waals surface area contributed by atoms with E-state index in [4.69, 9.17) is 5.11 Å². The highest BCUT2D eigenvalue weighted by Crippen LogP contribution is 2.26. The third-order valence-corrected chi connectivity index (χ3v) is 2.03. The Balaban J connectivity index is 2.42. The van der Waals surface area contributed by atoms with Gasteiger partial charge >= 0.3 is 0 Å². The Morgan fingerprint density at radius 3 is 3.08 bits per heavy atom. The van der Waals surface area contributed by atoms with Crippen LogP contribution in [-0.2, 0) is 11.2 Å². The van der Waals surface area contributed by atoms with Crippen LogP contribution >= 0.6 is 0 Å². The summed E-state index contributed by atoms with van der Waals surface area (Å²) in [7, 11) is 0. The van der Waals surface area contributed by atoms with Crippen LogP contribution in [0.3, 0.4) is 0 Å². The lowest BCUT2D eigenvalue weighted by molar-refractivity contribution is -0.121. The van der Waals surface area contributed by atoms with E-state index in [1.54, 1.807) is 6.07 Å². The minimum atomic E-state index is -1.51. The van der Waals surface area contributed by atoms with Crippen LogP contribution < -0.4 is 5.32 Å². The zero-order chi connectivity index (χ0) is 9.42. The summed E-state index contributed by atoms with van der Waals surface area (Å²) in [5.41, 5.74) is 1.21. The molecule has 0 spiro atoms. The Labute approximate surface area is 74.2 Å². The number of alkyl halides is 1. The number of benzene rings is 1. The Bertz CT molecular complexity index is 365. The number of nitrogens with one attached hydrogen (secondary N) is 1. The number of amides is 1. The van der Waals surface area contributed by atoms with E-state index in [0.717, 1.165) is 0 Å². The van der Waals surface area contributed by atoms with Crippen molar-refractivity contribution in [3.05, 3.63) is 23.8 Å². The first-order valence-corrected chi connectivity index (χ1v) is 3.93. The Morgan fingerprint density at radius 1 is 1.54 bits per heavy atom. The molecule has 0 radical (unpaired) electrons. The van der Waals surface area contributed by atoms with Crippen molar-refractivity contribution in [2.45, 2.75) is 12.6 Å².